The van der Waals surface area contributed by atoms with Crippen molar-refractivity contribution in [2.45, 2.75) is 19.4 Å². The molecule has 0 aliphatic carbocycles. The molecule has 3 rings (SSSR count). The van der Waals surface area contributed by atoms with E-state index >= 15 is 0 Å². The fourth-order valence-corrected chi connectivity index (χ4v) is 2.82. The molecule has 2 N–H and O–H groups in total. The maximum Gasteiger partial charge on any atom is 0.306 e. The van der Waals surface area contributed by atoms with E-state index in [4.69, 9.17) is 10.5 Å². The van der Waals surface area contributed by atoms with Crippen LogP contribution in [0.15, 0.2) is 41.1 Å². The van der Waals surface area contributed by atoms with E-state index in [2.05, 4.69) is 9.97 Å². The molecular formula is C16H15N3O2S. The SMILES string of the molecule is Nc1nc(COC(=O)CCc2ccsc2)nc2ccccc12. The number of para-hydroxylation sites is 1. The molecule has 0 unspecified atom stereocenters. The lowest BCUT2D eigenvalue weighted by Gasteiger charge is -2.06. The Morgan fingerprint density at radius 2 is 2.09 bits per heavy atom. The van der Waals surface area contributed by atoms with E-state index in [1.165, 1.54) is 0 Å². The second kappa shape index (κ2) is 6.53. The predicted molar refractivity (Wildman–Crippen MR) is 86.4 cm³/mol. The van der Waals surface area contributed by atoms with Crippen LogP contribution in [-0.4, -0.2) is 15.9 Å². The number of benzene rings is 1. The summed E-state index contributed by atoms with van der Waals surface area (Å²) in [7, 11) is 0. The van der Waals surface area contributed by atoms with E-state index in [0.717, 1.165) is 16.5 Å². The second-order valence-corrected chi connectivity index (χ2v) is 5.61. The van der Waals surface area contributed by atoms with Gasteiger partial charge in [-0.15, -0.1) is 0 Å². The van der Waals surface area contributed by atoms with Gasteiger partial charge in [-0.1, -0.05) is 12.1 Å². The Morgan fingerprint density at radius 3 is 2.91 bits per heavy atom. The molecule has 0 bridgehead atoms. The number of aryl methyl sites for hydroxylation is 1. The van der Waals surface area contributed by atoms with Crippen molar-refractivity contribution in [3.8, 4) is 0 Å². The number of aromatic nitrogens is 2. The predicted octanol–water partition coefficient (Wildman–Crippen LogP) is 2.95. The number of esters is 1. The average molecular weight is 313 g/mol. The monoisotopic (exact) mass is 313 g/mol. The third kappa shape index (κ3) is 3.40. The molecule has 6 heteroatoms. The van der Waals surface area contributed by atoms with Crippen LogP contribution in [0.4, 0.5) is 5.82 Å². The molecule has 3 aromatic rings. The first-order valence-electron chi connectivity index (χ1n) is 6.90. The molecule has 0 spiro atoms. The quantitative estimate of drug-likeness (QED) is 0.733. The van der Waals surface area contributed by atoms with E-state index in [-0.39, 0.29) is 12.6 Å². The van der Waals surface area contributed by atoms with E-state index < -0.39 is 0 Å². The van der Waals surface area contributed by atoms with Crippen LogP contribution in [0, 0.1) is 0 Å². The van der Waals surface area contributed by atoms with Crippen LogP contribution in [0.2, 0.25) is 0 Å². The van der Waals surface area contributed by atoms with Gasteiger partial charge in [0.2, 0.25) is 0 Å². The highest BCUT2D eigenvalue weighted by Gasteiger charge is 2.08. The van der Waals surface area contributed by atoms with Gasteiger partial charge >= 0.3 is 5.97 Å². The second-order valence-electron chi connectivity index (χ2n) is 4.83. The van der Waals surface area contributed by atoms with Crippen LogP contribution in [0.1, 0.15) is 17.8 Å². The minimum absolute atomic E-state index is 0.0392. The first kappa shape index (κ1) is 14.5. The summed E-state index contributed by atoms with van der Waals surface area (Å²) < 4.78 is 5.21. The molecule has 0 saturated heterocycles. The fraction of sp³-hybridized carbons (Fsp3) is 0.188. The third-order valence-electron chi connectivity index (χ3n) is 3.24. The number of anilines is 1. The maximum absolute atomic E-state index is 11.8. The molecule has 0 atom stereocenters. The van der Waals surface area contributed by atoms with E-state index in [1.54, 1.807) is 11.3 Å². The lowest BCUT2D eigenvalue weighted by molar-refractivity contribution is -0.145. The number of carbonyl (C=O) groups is 1. The van der Waals surface area contributed by atoms with Crippen LogP contribution in [0.3, 0.4) is 0 Å². The molecule has 0 radical (unpaired) electrons. The number of hydrogen-bond acceptors (Lipinski definition) is 6. The number of ether oxygens (including phenoxy) is 1. The van der Waals surface area contributed by atoms with Gasteiger partial charge in [0.15, 0.2) is 12.4 Å². The summed E-state index contributed by atoms with van der Waals surface area (Å²) in [6, 6.07) is 9.49. The summed E-state index contributed by atoms with van der Waals surface area (Å²) in [5.74, 6) is 0.552. The van der Waals surface area contributed by atoms with Crippen molar-refractivity contribution in [2.75, 3.05) is 5.73 Å². The van der Waals surface area contributed by atoms with Crippen LogP contribution in [-0.2, 0) is 22.6 Å². The van der Waals surface area contributed by atoms with Crippen LogP contribution in [0.5, 0.6) is 0 Å². The minimum Gasteiger partial charge on any atom is -0.457 e. The molecular weight excluding hydrogens is 298 g/mol. The van der Waals surface area contributed by atoms with Gasteiger partial charge in [0.25, 0.3) is 0 Å². The minimum atomic E-state index is -0.262. The van der Waals surface area contributed by atoms with Crippen molar-refractivity contribution < 1.29 is 9.53 Å². The van der Waals surface area contributed by atoms with E-state index in [9.17, 15) is 4.79 Å². The molecule has 0 saturated carbocycles. The van der Waals surface area contributed by atoms with Gasteiger partial charge in [0, 0.05) is 11.8 Å². The Bertz CT molecular complexity index is 787. The zero-order chi connectivity index (χ0) is 15.4. The highest BCUT2D eigenvalue weighted by atomic mass is 32.1. The molecule has 0 fully saturated rings. The average Bonchev–Trinajstić information content (AvgIpc) is 3.04. The first-order chi connectivity index (χ1) is 10.7. The van der Waals surface area contributed by atoms with Crippen molar-refractivity contribution in [1.82, 2.24) is 9.97 Å². The number of hydrogen-bond donors (Lipinski definition) is 1. The summed E-state index contributed by atoms with van der Waals surface area (Å²) in [4.78, 5) is 20.3. The summed E-state index contributed by atoms with van der Waals surface area (Å²) in [6.07, 6.45) is 1.03. The number of carbonyl (C=O) groups excluding carboxylic acids is 1. The zero-order valence-electron chi connectivity index (χ0n) is 11.9. The van der Waals surface area contributed by atoms with Crippen molar-refractivity contribution in [3.63, 3.8) is 0 Å². The lowest BCUT2D eigenvalue weighted by Crippen LogP contribution is -2.09. The Hall–Kier alpha value is -2.47. The number of rotatable bonds is 5. The first-order valence-corrected chi connectivity index (χ1v) is 7.84. The molecule has 2 aromatic heterocycles. The normalized spacial score (nSPS) is 10.7. The smallest absolute Gasteiger partial charge is 0.306 e. The topological polar surface area (TPSA) is 78.1 Å². The Kier molecular flexibility index (Phi) is 4.29. The molecule has 0 amide bonds. The summed E-state index contributed by atoms with van der Waals surface area (Å²) in [5.41, 5.74) is 7.79. The van der Waals surface area contributed by atoms with Crippen molar-refractivity contribution in [1.29, 1.82) is 0 Å². The van der Waals surface area contributed by atoms with Crippen LogP contribution >= 0.6 is 11.3 Å². The summed E-state index contributed by atoms with van der Waals surface area (Å²) in [5, 5.41) is 4.82. The maximum atomic E-state index is 11.8. The van der Waals surface area contributed by atoms with Gasteiger partial charge in [-0.05, 0) is 40.9 Å². The van der Waals surface area contributed by atoms with Gasteiger partial charge < -0.3 is 10.5 Å². The van der Waals surface area contributed by atoms with Crippen LogP contribution < -0.4 is 5.73 Å². The highest BCUT2D eigenvalue weighted by molar-refractivity contribution is 7.07. The number of fused-ring (bicyclic) bond motifs is 1. The van der Waals surface area contributed by atoms with Gasteiger partial charge in [0.05, 0.1) is 5.52 Å². The van der Waals surface area contributed by atoms with E-state index in [1.807, 2.05) is 41.1 Å². The highest BCUT2D eigenvalue weighted by Crippen LogP contribution is 2.17. The molecule has 1 aromatic carbocycles. The summed E-state index contributed by atoms with van der Waals surface area (Å²) >= 11 is 1.62. The standard InChI is InChI=1S/C16H15N3O2S/c17-16-12-3-1-2-4-13(12)18-14(19-16)9-21-15(20)6-5-11-7-8-22-10-11/h1-4,7-8,10H,5-6,9H2,(H2,17,18,19). The lowest BCUT2D eigenvalue weighted by atomic mass is 10.2. The van der Waals surface area contributed by atoms with Gasteiger partial charge in [0.1, 0.15) is 5.82 Å². The molecule has 2 heterocycles. The van der Waals surface area contributed by atoms with Crippen molar-refractivity contribution >= 4 is 34.0 Å². The molecule has 5 nitrogen and oxygen atoms in total. The Morgan fingerprint density at radius 1 is 1.23 bits per heavy atom. The van der Waals surface area contributed by atoms with Gasteiger partial charge in [-0.25, -0.2) is 9.97 Å². The van der Waals surface area contributed by atoms with Gasteiger partial charge in [-0.2, -0.15) is 11.3 Å². The zero-order valence-corrected chi connectivity index (χ0v) is 12.7. The Balaban J connectivity index is 1.60. The number of nitrogen functional groups attached to an aromatic ring is 1. The summed E-state index contributed by atoms with van der Waals surface area (Å²) in [6.45, 7) is 0.0392. The van der Waals surface area contributed by atoms with E-state index in [0.29, 0.717) is 24.5 Å². The number of nitrogens with zero attached hydrogens (tertiary/aromatic N) is 2. The van der Waals surface area contributed by atoms with Crippen molar-refractivity contribution in [2.24, 2.45) is 0 Å². The molecule has 0 aliphatic rings. The van der Waals surface area contributed by atoms with Gasteiger partial charge in [-0.3, -0.25) is 4.79 Å². The fourth-order valence-electron chi connectivity index (χ4n) is 2.11. The molecule has 0 aliphatic heterocycles. The van der Waals surface area contributed by atoms with Crippen LogP contribution in [0.25, 0.3) is 10.9 Å². The molecule has 112 valence electrons. The largest absolute Gasteiger partial charge is 0.457 e. The van der Waals surface area contributed by atoms with Crippen molar-refractivity contribution in [3.05, 3.63) is 52.5 Å². The number of thiophene rings is 1. The number of nitrogens with two attached hydrogens (primary N) is 1. The molecule has 22 heavy (non-hydrogen) atoms. The third-order valence-corrected chi connectivity index (χ3v) is 3.97. The Labute approximate surface area is 131 Å².